The van der Waals surface area contributed by atoms with Gasteiger partial charge in [-0.1, -0.05) is 12.1 Å². The lowest BCUT2D eigenvalue weighted by molar-refractivity contribution is 0.0122. The van der Waals surface area contributed by atoms with Gasteiger partial charge in [-0.15, -0.1) is 0 Å². The van der Waals surface area contributed by atoms with E-state index < -0.39 is 10.0 Å². The van der Waals surface area contributed by atoms with Gasteiger partial charge >= 0.3 is 0 Å². The van der Waals surface area contributed by atoms with E-state index >= 15 is 0 Å². The third-order valence-corrected chi connectivity index (χ3v) is 9.10. The molecule has 6 rings (SSSR count). The van der Waals surface area contributed by atoms with Crippen LogP contribution in [0.3, 0.4) is 0 Å². The molecule has 1 saturated carbocycles. The molecule has 5 fully saturated rings. The van der Waals surface area contributed by atoms with Gasteiger partial charge < -0.3 is 4.74 Å². The number of hydrogen-bond acceptors (Lipinski definition) is 4. The summed E-state index contributed by atoms with van der Waals surface area (Å²) in [4.78, 5) is 2.55. The van der Waals surface area contributed by atoms with E-state index in [4.69, 9.17) is 4.74 Å². The van der Waals surface area contributed by atoms with Crippen molar-refractivity contribution in [2.45, 2.75) is 48.9 Å². The van der Waals surface area contributed by atoms with Crippen LogP contribution >= 0.6 is 0 Å². The zero-order valence-electron chi connectivity index (χ0n) is 14.7. The molecule has 136 valence electrons. The smallest absolute Gasteiger partial charge is 0.217 e. The predicted octanol–water partition coefficient (Wildman–Crippen LogP) is 2.05. The van der Waals surface area contributed by atoms with Gasteiger partial charge in [-0.3, -0.25) is 4.90 Å². The molecule has 1 aliphatic carbocycles. The molecule has 6 heteroatoms. The first-order valence-corrected chi connectivity index (χ1v) is 11.0. The minimum Gasteiger partial charge on any atom is -0.497 e. The summed E-state index contributed by atoms with van der Waals surface area (Å²) in [6.45, 7) is 2.86. The van der Waals surface area contributed by atoms with Gasteiger partial charge in [0.2, 0.25) is 10.0 Å². The lowest BCUT2D eigenvalue weighted by Crippen LogP contribution is -2.60. The number of hydrogen-bond donors (Lipinski definition) is 0. The highest BCUT2D eigenvalue weighted by molar-refractivity contribution is 7.90. The summed E-state index contributed by atoms with van der Waals surface area (Å²) in [6, 6.07) is 8.72. The van der Waals surface area contributed by atoms with E-state index in [1.165, 1.54) is 5.56 Å². The molecule has 3 atom stereocenters. The van der Waals surface area contributed by atoms with Gasteiger partial charge in [0.05, 0.1) is 12.4 Å². The molecule has 5 aliphatic rings. The molecule has 4 aliphatic heterocycles. The summed E-state index contributed by atoms with van der Waals surface area (Å²) in [5.41, 5.74) is 1.22. The molecule has 0 radical (unpaired) electrons. The Bertz CT molecular complexity index is 769. The van der Waals surface area contributed by atoms with Crippen LogP contribution in [0.1, 0.15) is 37.2 Å². The van der Waals surface area contributed by atoms with Gasteiger partial charge in [0, 0.05) is 24.5 Å². The number of nitrogens with zero attached hydrogens (tertiary/aromatic N) is 2. The van der Waals surface area contributed by atoms with Crippen LogP contribution in [0.15, 0.2) is 24.3 Å². The van der Waals surface area contributed by atoms with Crippen LogP contribution in [-0.2, 0) is 10.0 Å². The summed E-state index contributed by atoms with van der Waals surface area (Å²) in [6.07, 6.45) is 3.97. The normalized spacial score (nSPS) is 37.9. The van der Waals surface area contributed by atoms with Gasteiger partial charge in [0.25, 0.3) is 0 Å². The maximum atomic E-state index is 13.1. The largest absolute Gasteiger partial charge is 0.497 e. The van der Waals surface area contributed by atoms with E-state index in [2.05, 4.69) is 17.0 Å². The molecule has 1 aromatic rings. The van der Waals surface area contributed by atoms with Crippen molar-refractivity contribution in [3.63, 3.8) is 0 Å². The number of sulfonamides is 1. The fourth-order valence-electron chi connectivity index (χ4n) is 5.38. The molecule has 0 unspecified atom stereocenters. The fraction of sp³-hybridized carbons (Fsp3) is 0.684. The molecule has 0 aromatic heterocycles. The van der Waals surface area contributed by atoms with E-state index in [1.54, 1.807) is 7.11 Å². The van der Waals surface area contributed by atoms with E-state index in [-0.39, 0.29) is 17.2 Å². The lowest BCUT2D eigenvalue weighted by atomic mass is 9.75. The van der Waals surface area contributed by atoms with Crippen molar-refractivity contribution in [1.82, 2.24) is 9.21 Å². The van der Waals surface area contributed by atoms with Crippen molar-refractivity contribution in [3.05, 3.63) is 29.8 Å². The molecule has 5 nitrogen and oxygen atoms in total. The van der Waals surface area contributed by atoms with Crippen molar-refractivity contribution in [2.24, 2.45) is 5.92 Å². The number of ether oxygens (including phenoxy) is 1. The fourth-order valence-corrected chi connectivity index (χ4v) is 7.50. The van der Waals surface area contributed by atoms with Gasteiger partial charge in [-0.25, -0.2) is 8.42 Å². The molecule has 1 aromatic carbocycles. The second-order valence-electron chi connectivity index (χ2n) is 8.05. The highest BCUT2D eigenvalue weighted by Gasteiger charge is 2.58. The Morgan fingerprint density at radius 1 is 1.08 bits per heavy atom. The Balaban J connectivity index is 1.55. The van der Waals surface area contributed by atoms with E-state index in [9.17, 15) is 8.42 Å². The first-order chi connectivity index (χ1) is 12.1. The third-order valence-electron chi connectivity index (χ3n) is 6.74. The number of piperidine rings is 3. The molecule has 4 heterocycles. The zero-order chi connectivity index (χ0) is 17.2. The molecular weight excluding hydrogens is 336 g/mol. The minimum atomic E-state index is -3.14. The van der Waals surface area contributed by atoms with E-state index in [1.807, 2.05) is 16.4 Å². The zero-order valence-corrected chi connectivity index (χ0v) is 15.5. The minimum absolute atomic E-state index is 0.118. The molecule has 4 saturated heterocycles. The summed E-state index contributed by atoms with van der Waals surface area (Å²) in [7, 11) is -1.45. The van der Waals surface area contributed by atoms with Crippen LogP contribution in [0, 0.1) is 5.92 Å². The number of methoxy groups -OCH3 is 1. The van der Waals surface area contributed by atoms with Gasteiger partial charge in [-0.2, -0.15) is 4.31 Å². The van der Waals surface area contributed by atoms with Gasteiger partial charge in [0.15, 0.2) is 0 Å². The predicted molar refractivity (Wildman–Crippen MR) is 96.3 cm³/mol. The highest BCUT2D eigenvalue weighted by atomic mass is 32.2. The van der Waals surface area contributed by atoms with E-state index in [0.717, 1.165) is 44.5 Å². The summed E-state index contributed by atoms with van der Waals surface area (Å²) in [5.74, 6) is 1.63. The molecule has 0 N–H and O–H groups in total. The van der Waals surface area contributed by atoms with Crippen LogP contribution in [0.4, 0.5) is 0 Å². The van der Waals surface area contributed by atoms with Gasteiger partial charge in [-0.05, 0) is 62.4 Å². The molecule has 25 heavy (non-hydrogen) atoms. The topological polar surface area (TPSA) is 49.9 Å². The Kier molecular flexibility index (Phi) is 3.67. The lowest BCUT2D eigenvalue weighted by Gasteiger charge is -2.51. The third kappa shape index (κ3) is 2.45. The van der Waals surface area contributed by atoms with Crippen LogP contribution in [-0.4, -0.2) is 61.7 Å². The first-order valence-electron chi connectivity index (χ1n) is 9.48. The average Bonchev–Trinajstić information content (AvgIpc) is 3.42. The quantitative estimate of drug-likeness (QED) is 0.823. The maximum Gasteiger partial charge on any atom is 0.217 e. The molecular formula is C19H26N2O3S. The second kappa shape index (κ2) is 5.69. The van der Waals surface area contributed by atoms with Crippen LogP contribution in [0.25, 0.3) is 0 Å². The van der Waals surface area contributed by atoms with Crippen LogP contribution in [0.2, 0.25) is 0 Å². The average molecular weight is 362 g/mol. The van der Waals surface area contributed by atoms with Crippen molar-refractivity contribution < 1.29 is 13.2 Å². The maximum absolute atomic E-state index is 13.1. The molecule has 2 bridgehead atoms. The Hall–Kier alpha value is -1.11. The summed E-state index contributed by atoms with van der Waals surface area (Å²) in [5, 5.41) is -0.118. The van der Waals surface area contributed by atoms with Crippen LogP contribution in [0.5, 0.6) is 5.75 Å². The number of rotatable bonds is 4. The van der Waals surface area contributed by atoms with E-state index in [0.29, 0.717) is 18.5 Å². The number of fused-ring (bicyclic) bond motifs is 2. The van der Waals surface area contributed by atoms with Crippen molar-refractivity contribution in [2.75, 3.05) is 26.7 Å². The van der Waals surface area contributed by atoms with Crippen molar-refractivity contribution in [1.29, 1.82) is 0 Å². The number of benzene rings is 1. The molecule has 0 spiro atoms. The van der Waals surface area contributed by atoms with Crippen molar-refractivity contribution in [3.8, 4) is 5.75 Å². The summed E-state index contributed by atoms with van der Waals surface area (Å²) >= 11 is 0. The SMILES string of the molecule is COc1cccc([C@@H]2CN(S(=O)(=O)C3CC3)[C@@H]3C4CCN(CC4)[C@@H]32)c1. The summed E-state index contributed by atoms with van der Waals surface area (Å²) < 4.78 is 33.5. The standard InChI is InChI=1S/C19H26N2O3S/c1-24-15-4-2-3-14(11-15)17-12-21(25(22,23)16-5-6-16)18-13-7-9-20(10-8-13)19(17)18/h2-4,11,13,16-19H,5-10,12H2,1H3/t17-,18+,19+/m0/s1. The van der Waals surface area contributed by atoms with Crippen molar-refractivity contribution >= 4 is 10.0 Å². The monoisotopic (exact) mass is 362 g/mol. The molecule has 0 amide bonds. The highest BCUT2D eigenvalue weighted by Crippen LogP contribution is 2.49. The first kappa shape index (κ1) is 16.1. The Morgan fingerprint density at radius 2 is 1.84 bits per heavy atom. The van der Waals surface area contributed by atoms with Crippen LogP contribution < -0.4 is 4.74 Å². The Labute approximate surface area is 150 Å². The van der Waals surface area contributed by atoms with Gasteiger partial charge in [0.1, 0.15) is 5.75 Å². The Morgan fingerprint density at radius 3 is 2.52 bits per heavy atom. The second-order valence-corrected chi connectivity index (χ2v) is 10.2.